The molecule has 2 aromatic carbocycles. The molecule has 3 heterocycles. The number of nitrogens with zero attached hydrogens (tertiary/aromatic N) is 4. The number of hydrogen-bond acceptors (Lipinski definition) is 8. The summed E-state index contributed by atoms with van der Waals surface area (Å²) in [6, 6.07) is 15.7. The van der Waals surface area contributed by atoms with Gasteiger partial charge < -0.3 is 9.47 Å². The second-order valence-corrected chi connectivity index (χ2v) is 9.12. The molecule has 1 saturated heterocycles. The van der Waals surface area contributed by atoms with Gasteiger partial charge in [-0.3, -0.25) is 5.01 Å². The molecule has 4 aromatic rings. The minimum atomic E-state index is -0.344. The summed E-state index contributed by atoms with van der Waals surface area (Å²) in [7, 11) is 0. The van der Waals surface area contributed by atoms with Crippen molar-refractivity contribution in [2.24, 2.45) is 0 Å². The molecule has 0 unspecified atom stereocenters. The fraction of sp³-hybridized carbons (Fsp3) is 0.250. The van der Waals surface area contributed by atoms with E-state index in [2.05, 4.69) is 39.0 Å². The van der Waals surface area contributed by atoms with Crippen molar-refractivity contribution in [3.63, 3.8) is 0 Å². The molecule has 1 aliphatic heterocycles. The van der Waals surface area contributed by atoms with Crippen LogP contribution in [0.3, 0.4) is 0 Å². The highest BCUT2D eigenvalue weighted by Gasteiger charge is 2.25. The predicted octanol–water partition coefficient (Wildman–Crippen LogP) is 4.96. The molecule has 182 valence electrons. The summed E-state index contributed by atoms with van der Waals surface area (Å²) in [6.45, 7) is 6.99. The summed E-state index contributed by atoms with van der Waals surface area (Å²) in [5.41, 5.74) is 4.95. The van der Waals surface area contributed by atoms with E-state index in [9.17, 15) is 4.79 Å². The van der Waals surface area contributed by atoms with Crippen molar-refractivity contribution >= 4 is 39.0 Å². The van der Waals surface area contributed by atoms with E-state index in [1.165, 1.54) is 0 Å². The van der Waals surface area contributed by atoms with Crippen molar-refractivity contribution in [3.8, 4) is 11.8 Å². The number of hydrogen-bond donors (Lipinski definition) is 0. The maximum Gasteiger partial charge on any atom is 0.338 e. The van der Waals surface area contributed by atoms with Crippen LogP contribution >= 0.6 is 11.3 Å². The predicted molar refractivity (Wildman–Crippen MR) is 142 cm³/mol. The van der Waals surface area contributed by atoms with Gasteiger partial charge in [-0.15, -0.1) is 11.3 Å². The Morgan fingerprint density at radius 3 is 2.67 bits per heavy atom. The second kappa shape index (κ2) is 10.9. The molecule has 0 amide bonds. The Kier molecular flexibility index (Phi) is 7.23. The van der Waals surface area contributed by atoms with E-state index in [-0.39, 0.29) is 5.97 Å². The number of hydrazine groups is 1. The van der Waals surface area contributed by atoms with Crippen molar-refractivity contribution in [2.75, 3.05) is 37.9 Å². The van der Waals surface area contributed by atoms with Crippen LogP contribution in [0, 0.1) is 18.8 Å². The van der Waals surface area contributed by atoms with Crippen molar-refractivity contribution in [3.05, 3.63) is 82.5 Å². The van der Waals surface area contributed by atoms with Crippen LogP contribution in [0.15, 0.2) is 60.2 Å². The Morgan fingerprint density at radius 1 is 1.11 bits per heavy atom. The highest BCUT2D eigenvalue weighted by atomic mass is 32.1. The normalized spacial score (nSPS) is 13.7. The zero-order valence-electron chi connectivity index (χ0n) is 20.2. The van der Waals surface area contributed by atoms with Gasteiger partial charge in [0.1, 0.15) is 11.8 Å². The van der Waals surface area contributed by atoms with Gasteiger partial charge in [0.2, 0.25) is 0 Å². The molecular formula is C28H26N4O3S. The van der Waals surface area contributed by atoms with Crippen LogP contribution in [0.2, 0.25) is 0 Å². The van der Waals surface area contributed by atoms with Gasteiger partial charge in [-0.2, -0.15) is 0 Å². The lowest BCUT2D eigenvalue weighted by atomic mass is 10.0. The van der Waals surface area contributed by atoms with Crippen LogP contribution in [0.1, 0.15) is 34.0 Å². The van der Waals surface area contributed by atoms with Crippen molar-refractivity contribution < 1.29 is 14.3 Å². The maximum absolute atomic E-state index is 12.2. The van der Waals surface area contributed by atoms with Gasteiger partial charge in [0, 0.05) is 24.0 Å². The number of benzene rings is 2. The van der Waals surface area contributed by atoms with Gasteiger partial charge in [-0.05, 0) is 43.7 Å². The number of esters is 1. The number of rotatable bonds is 5. The number of anilines is 2. The third-order valence-corrected chi connectivity index (χ3v) is 6.85. The Bertz CT molecular complexity index is 1440. The molecule has 36 heavy (non-hydrogen) atoms. The maximum atomic E-state index is 12.2. The van der Waals surface area contributed by atoms with Gasteiger partial charge in [-0.1, -0.05) is 36.1 Å². The number of carbonyl (C=O) groups excluding carboxylic acids is 1. The largest absolute Gasteiger partial charge is 0.462 e. The van der Waals surface area contributed by atoms with Gasteiger partial charge in [0.05, 0.1) is 41.3 Å². The second-order valence-electron chi connectivity index (χ2n) is 8.24. The molecule has 2 aromatic heterocycles. The number of ether oxygens (including phenoxy) is 2. The van der Waals surface area contributed by atoms with Gasteiger partial charge >= 0.3 is 5.97 Å². The first kappa shape index (κ1) is 23.9. The Balaban J connectivity index is 1.54. The zero-order valence-corrected chi connectivity index (χ0v) is 21.0. The number of fused-ring (bicyclic) bond motifs is 1. The first-order chi connectivity index (χ1) is 17.7. The third kappa shape index (κ3) is 4.95. The minimum Gasteiger partial charge on any atom is -0.462 e. The Labute approximate surface area is 214 Å². The van der Waals surface area contributed by atoms with E-state index in [4.69, 9.17) is 14.5 Å². The standard InChI is InChI=1S/C28H26N4O3S/c1-3-35-28(33)22-10-9-20(2)21(17-22)11-12-23-18-36-26-25(23)29-19-30-27(26)32(24-7-5-4-6-8-24)31-13-15-34-16-14-31/h4-10,17-19H,3,13-16H2,1-2H3. The monoisotopic (exact) mass is 498 g/mol. The van der Waals surface area contributed by atoms with Crippen molar-refractivity contribution in [1.29, 1.82) is 0 Å². The number of para-hydroxylation sites is 1. The van der Waals surface area contributed by atoms with Crippen LogP contribution in [-0.4, -0.2) is 53.9 Å². The fourth-order valence-electron chi connectivity index (χ4n) is 4.05. The molecule has 1 aliphatic rings. The SMILES string of the molecule is CCOC(=O)c1ccc(C)c(C#Cc2csc3c(N(c4ccccc4)N4CCOCC4)ncnc23)c1. The average molecular weight is 499 g/mol. The molecule has 0 saturated carbocycles. The average Bonchev–Trinajstić information content (AvgIpc) is 3.34. The van der Waals surface area contributed by atoms with Gasteiger partial charge in [-0.25, -0.2) is 19.8 Å². The summed E-state index contributed by atoms with van der Waals surface area (Å²) in [5.74, 6) is 6.99. The van der Waals surface area contributed by atoms with E-state index in [1.54, 1.807) is 36.7 Å². The third-order valence-electron chi connectivity index (χ3n) is 5.89. The van der Waals surface area contributed by atoms with E-state index >= 15 is 0 Å². The minimum absolute atomic E-state index is 0.334. The summed E-state index contributed by atoms with van der Waals surface area (Å²) >= 11 is 1.58. The van der Waals surface area contributed by atoms with Crippen LogP contribution in [0.5, 0.6) is 0 Å². The van der Waals surface area contributed by atoms with Crippen LogP contribution in [-0.2, 0) is 9.47 Å². The molecule has 0 bridgehead atoms. The lowest BCUT2D eigenvalue weighted by Gasteiger charge is -2.38. The summed E-state index contributed by atoms with van der Waals surface area (Å²) in [6.07, 6.45) is 1.60. The summed E-state index contributed by atoms with van der Waals surface area (Å²) < 4.78 is 11.7. The van der Waals surface area contributed by atoms with Crippen LogP contribution < -0.4 is 5.01 Å². The van der Waals surface area contributed by atoms with E-state index in [0.717, 1.165) is 51.5 Å². The number of carbonyl (C=O) groups is 1. The van der Waals surface area contributed by atoms with Crippen molar-refractivity contribution in [1.82, 2.24) is 15.0 Å². The number of morpholine rings is 1. The van der Waals surface area contributed by atoms with Crippen LogP contribution in [0.25, 0.3) is 10.2 Å². The zero-order chi connectivity index (χ0) is 24.9. The van der Waals surface area contributed by atoms with Gasteiger partial charge in [0.25, 0.3) is 0 Å². The quantitative estimate of drug-likeness (QED) is 0.285. The molecule has 0 radical (unpaired) electrons. The molecule has 0 atom stereocenters. The Morgan fingerprint density at radius 2 is 1.89 bits per heavy atom. The molecule has 7 nitrogen and oxygen atoms in total. The lowest BCUT2D eigenvalue weighted by molar-refractivity contribution is 0.0376. The lowest BCUT2D eigenvalue weighted by Crippen LogP contribution is -2.47. The summed E-state index contributed by atoms with van der Waals surface area (Å²) in [4.78, 5) is 21.4. The van der Waals surface area contributed by atoms with Crippen LogP contribution in [0.4, 0.5) is 11.5 Å². The number of aryl methyl sites for hydroxylation is 1. The topological polar surface area (TPSA) is 67.8 Å². The molecule has 0 aliphatic carbocycles. The van der Waals surface area contributed by atoms with Crippen molar-refractivity contribution in [2.45, 2.75) is 13.8 Å². The van der Waals surface area contributed by atoms with E-state index in [0.29, 0.717) is 25.4 Å². The fourth-order valence-corrected chi connectivity index (χ4v) is 4.98. The highest BCUT2D eigenvalue weighted by Crippen LogP contribution is 2.36. The first-order valence-electron chi connectivity index (χ1n) is 11.9. The number of thiophene rings is 1. The molecule has 1 fully saturated rings. The first-order valence-corrected chi connectivity index (χ1v) is 12.7. The molecule has 5 rings (SSSR count). The molecule has 8 heteroatoms. The highest BCUT2D eigenvalue weighted by molar-refractivity contribution is 7.18. The smallest absolute Gasteiger partial charge is 0.338 e. The number of aromatic nitrogens is 2. The van der Waals surface area contributed by atoms with Gasteiger partial charge in [0.15, 0.2) is 5.82 Å². The molecule has 0 N–H and O–H groups in total. The summed E-state index contributed by atoms with van der Waals surface area (Å²) in [5, 5.41) is 6.44. The molecule has 0 spiro atoms. The van der Waals surface area contributed by atoms with E-state index < -0.39 is 0 Å². The van der Waals surface area contributed by atoms with E-state index in [1.807, 2.05) is 36.6 Å². The molecular weight excluding hydrogens is 472 g/mol. The Hall–Kier alpha value is -3.77.